The number of aryl methyl sites for hydroxylation is 1. The Labute approximate surface area is 242 Å². The molecule has 0 aliphatic heterocycles. The number of carbonyl (C=O) groups is 3. The van der Waals surface area contributed by atoms with E-state index in [1.165, 1.54) is 41.3 Å². The second-order valence-electron chi connectivity index (χ2n) is 9.43. The van der Waals surface area contributed by atoms with E-state index in [2.05, 4.69) is 10.3 Å². The number of amides is 1. The predicted molar refractivity (Wildman–Crippen MR) is 155 cm³/mol. The van der Waals surface area contributed by atoms with E-state index in [-0.39, 0.29) is 54.6 Å². The lowest BCUT2D eigenvalue weighted by molar-refractivity contribution is -0.384. The molecule has 0 spiro atoms. The molecule has 0 fully saturated rings. The molecule has 2 aromatic rings. The average molecular weight is 606 g/mol. The first kappa shape index (κ1) is 33.8. The summed E-state index contributed by atoms with van der Waals surface area (Å²) in [5.41, 5.74) is 17.1. The summed E-state index contributed by atoms with van der Waals surface area (Å²) in [6, 6.07) is 9.82. The van der Waals surface area contributed by atoms with Crippen molar-refractivity contribution in [2.75, 3.05) is 31.5 Å². The highest BCUT2D eigenvalue weighted by atomic mass is 32.2. The molecule has 228 valence electrons. The number of sulfone groups is 1. The number of non-ortho nitro benzene ring substituents is 1. The molecule has 1 amide bonds. The molecule has 0 aliphatic rings. The van der Waals surface area contributed by atoms with Crippen molar-refractivity contribution in [2.24, 2.45) is 22.2 Å². The van der Waals surface area contributed by atoms with E-state index in [0.717, 1.165) is 5.56 Å². The van der Waals surface area contributed by atoms with E-state index in [4.69, 9.17) is 17.2 Å². The first-order valence-corrected chi connectivity index (χ1v) is 14.4. The number of rotatable bonds is 17. The molecule has 0 aliphatic carbocycles. The van der Waals surface area contributed by atoms with Crippen LogP contribution in [0.2, 0.25) is 0 Å². The van der Waals surface area contributed by atoms with Gasteiger partial charge in [-0.3, -0.25) is 34.4 Å². The fraction of sp³-hybridized carbons (Fsp3) is 0.385. The molecule has 0 radical (unpaired) electrons. The molecule has 15 nitrogen and oxygen atoms in total. The predicted octanol–water partition coefficient (Wildman–Crippen LogP) is 0.411. The molecule has 2 aromatic carbocycles. The van der Waals surface area contributed by atoms with Crippen LogP contribution in [0.25, 0.3) is 0 Å². The summed E-state index contributed by atoms with van der Waals surface area (Å²) >= 11 is 0. The van der Waals surface area contributed by atoms with Gasteiger partial charge in [-0.2, -0.15) is 0 Å². The molecule has 0 saturated carbocycles. The topological polar surface area (TPSA) is 254 Å². The quantitative estimate of drug-likeness (QED) is 0.0540. The van der Waals surface area contributed by atoms with Gasteiger partial charge in [-0.25, -0.2) is 8.42 Å². The Kier molecular flexibility index (Phi) is 12.5. The van der Waals surface area contributed by atoms with Crippen LogP contribution in [0.4, 0.5) is 11.4 Å². The lowest BCUT2D eigenvalue weighted by Gasteiger charge is -2.30. The molecule has 2 atom stereocenters. The number of nitro benzene ring substituents is 1. The molecule has 0 aromatic heterocycles. The van der Waals surface area contributed by atoms with Gasteiger partial charge in [0.2, 0.25) is 5.91 Å². The van der Waals surface area contributed by atoms with Crippen molar-refractivity contribution in [3.05, 3.63) is 64.2 Å². The number of aliphatic imine (C=N–C) groups is 1. The van der Waals surface area contributed by atoms with Crippen molar-refractivity contribution in [1.82, 2.24) is 4.90 Å². The lowest BCUT2D eigenvalue weighted by atomic mass is 10.1. The van der Waals surface area contributed by atoms with Gasteiger partial charge in [-0.1, -0.05) is 17.7 Å². The van der Waals surface area contributed by atoms with Gasteiger partial charge in [0, 0.05) is 30.9 Å². The first-order chi connectivity index (χ1) is 19.8. The van der Waals surface area contributed by atoms with Crippen LogP contribution in [-0.2, 0) is 24.2 Å². The Balaban J connectivity index is 2.38. The third kappa shape index (κ3) is 9.90. The Hall–Kier alpha value is -4.41. The highest BCUT2D eigenvalue weighted by Gasteiger charge is 2.35. The zero-order valence-corrected chi connectivity index (χ0v) is 23.8. The third-order valence-corrected chi connectivity index (χ3v) is 8.50. The van der Waals surface area contributed by atoms with Crippen LogP contribution in [0.15, 0.2) is 58.4 Å². The van der Waals surface area contributed by atoms with Gasteiger partial charge >= 0.3 is 5.97 Å². The number of anilines is 1. The van der Waals surface area contributed by atoms with E-state index in [9.17, 15) is 38.0 Å². The molecule has 8 N–H and O–H groups in total. The minimum absolute atomic E-state index is 0.0586. The van der Waals surface area contributed by atoms with Crippen LogP contribution >= 0.6 is 0 Å². The Morgan fingerprint density at radius 3 is 2.21 bits per heavy atom. The number of carbonyl (C=O) groups excluding carboxylic acids is 2. The van der Waals surface area contributed by atoms with Gasteiger partial charge in [-0.15, -0.1) is 0 Å². The number of carboxylic acid groups (broad SMARTS) is 1. The van der Waals surface area contributed by atoms with Crippen molar-refractivity contribution >= 4 is 44.8 Å². The number of hydrogen-bond acceptors (Lipinski definition) is 10. The van der Waals surface area contributed by atoms with E-state index >= 15 is 0 Å². The minimum Gasteiger partial charge on any atom is -0.480 e. The summed E-state index contributed by atoms with van der Waals surface area (Å²) in [6.45, 7) is 0.416. The van der Waals surface area contributed by atoms with Gasteiger partial charge in [-0.05, 0) is 50.5 Å². The number of nitrogens with one attached hydrogen (secondary N) is 1. The zero-order valence-electron chi connectivity index (χ0n) is 23.0. The fourth-order valence-electron chi connectivity index (χ4n) is 4.18. The summed E-state index contributed by atoms with van der Waals surface area (Å²) in [5.74, 6) is -2.88. The van der Waals surface area contributed by atoms with Crippen molar-refractivity contribution < 1.29 is 32.8 Å². The van der Waals surface area contributed by atoms with Gasteiger partial charge in [0.05, 0.1) is 29.0 Å². The molecule has 42 heavy (non-hydrogen) atoms. The van der Waals surface area contributed by atoms with Crippen LogP contribution in [0.3, 0.4) is 0 Å². The summed E-state index contributed by atoms with van der Waals surface area (Å²) in [4.78, 5) is 53.3. The van der Waals surface area contributed by atoms with Gasteiger partial charge in [0.25, 0.3) is 5.69 Å². The van der Waals surface area contributed by atoms with Gasteiger partial charge in [0.1, 0.15) is 5.25 Å². The standard InChI is InChI=1S/C26H35N7O8S/c1-17-4-10-20(11-5-17)42(40,41)23(22(34)15-27)12-14-32(16-24(35)36)21(3-2-13-30-26(28)29)25(37)31-18-6-8-19(9-7-18)33(38)39/h4-11,21,23H,2-3,12-16,27H2,1H3,(H,31,37)(H,35,36)(H4,28,29,30)/t21-,23?/m0/s1. The van der Waals surface area contributed by atoms with E-state index in [0.29, 0.717) is 0 Å². The maximum atomic E-state index is 13.4. The SMILES string of the molecule is Cc1ccc(S(=O)(=O)C(CCN(CC(=O)O)[C@@H](CCCN=C(N)N)C(=O)Nc2ccc([N+](=O)[O-])cc2)C(=O)CN)cc1. The number of hydrogen-bond donors (Lipinski definition) is 5. The Morgan fingerprint density at radius 2 is 1.69 bits per heavy atom. The summed E-state index contributed by atoms with van der Waals surface area (Å²) in [7, 11) is -4.19. The number of aliphatic carboxylic acids is 1. The molecular formula is C26H35N7O8S. The maximum absolute atomic E-state index is 13.4. The Morgan fingerprint density at radius 1 is 1.07 bits per heavy atom. The molecular weight excluding hydrogens is 570 g/mol. The average Bonchev–Trinajstić information content (AvgIpc) is 2.92. The van der Waals surface area contributed by atoms with Crippen molar-refractivity contribution in [3.8, 4) is 0 Å². The number of Topliss-reactive ketones (excluding diaryl/α,β-unsaturated/α-hetero) is 1. The molecule has 16 heteroatoms. The summed E-state index contributed by atoms with van der Waals surface area (Å²) < 4.78 is 26.8. The van der Waals surface area contributed by atoms with Crippen molar-refractivity contribution in [1.29, 1.82) is 0 Å². The molecule has 0 bridgehead atoms. The van der Waals surface area contributed by atoms with E-state index in [1.807, 2.05) is 0 Å². The first-order valence-electron chi connectivity index (χ1n) is 12.9. The van der Waals surface area contributed by atoms with Crippen molar-refractivity contribution in [3.63, 3.8) is 0 Å². The van der Waals surface area contributed by atoms with Crippen LogP contribution in [0.5, 0.6) is 0 Å². The molecule has 2 rings (SSSR count). The number of carboxylic acids is 1. The van der Waals surface area contributed by atoms with Crippen LogP contribution < -0.4 is 22.5 Å². The van der Waals surface area contributed by atoms with E-state index in [1.54, 1.807) is 19.1 Å². The second-order valence-corrected chi connectivity index (χ2v) is 11.6. The van der Waals surface area contributed by atoms with Crippen LogP contribution in [0, 0.1) is 17.0 Å². The smallest absolute Gasteiger partial charge is 0.317 e. The van der Waals surface area contributed by atoms with Crippen LogP contribution in [-0.4, -0.2) is 84.4 Å². The van der Waals surface area contributed by atoms with E-state index < -0.39 is 56.8 Å². The largest absolute Gasteiger partial charge is 0.480 e. The number of ketones is 1. The number of nitrogens with two attached hydrogens (primary N) is 3. The fourth-order valence-corrected chi connectivity index (χ4v) is 5.88. The number of guanidine groups is 1. The maximum Gasteiger partial charge on any atom is 0.317 e. The van der Waals surface area contributed by atoms with Gasteiger partial charge in [0.15, 0.2) is 21.6 Å². The molecule has 0 heterocycles. The number of nitrogens with zero attached hydrogens (tertiary/aromatic N) is 3. The summed E-state index contributed by atoms with van der Waals surface area (Å²) in [6.07, 6.45) is -0.0307. The third-order valence-electron chi connectivity index (χ3n) is 6.32. The van der Waals surface area contributed by atoms with Gasteiger partial charge < -0.3 is 27.6 Å². The minimum atomic E-state index is -4.19. The number of nitro groups is 1. The summed E-state index contributed by atoms with van der Waals surface area (Å²) in [5, 5.41) is 21.6. The highest BCUT2D eigenvalue weighted by Crippen LogP contribution is 2.22. The lowest BCUT2D eigenvalue weighted by Crippen LogP contribution is -2.48. The van der Waals surface area contributed by atoms with Crippen molar-refractivity contribution in [2.45, 2.75) is 42.4 Å². The Bertz CT molecular complexity index is 1390. The molecule has 0 saturated heterocycles. The molecule has 1 unspecified atom stereocenters. The normalized spacial score (nSPS) is 12.7. The highest BCUT2D eigenvalue weighted by molar-refractivity contribution is 7.92. The van der Waals surface area contributed by atoms with Crippen LogP contribution in [0.1, 0.15) is 24.8 Å². The second kappa shape index (κ2) is 15.6. The monoisotopic (exact) mass is 605 g/mol. The zero-order chi connectivity index (χ0) is 31.4. The number of benzene rings is 2.